The van der Waals surface area contributed by atoms with E-state index < -0.39 is 10.0 Å². The molecule has 0 atom stereocenters. The predicted molar refractivity (Wildman–Crippen MR) is 108 cm³/mol. The first-order valence-electron chi connectivity index (χ1n) is 9.56. The lowest BCUT2D eigenvalue weighted by atomic mass is 9.97. The maximum Gasteiger partial charge on any atom is 0.243 e. The minimum Gasteiger partial charge on any atom is -0.300 e. The van der Waals surface area contributed by atoms with Crippen LogP contribution in [-0.4, -0.2) is 41.9 Å². The number of hydrogen-bond donors (Lipinski definition) is 1. The van der Waals surface area contributed by atoms with Crippen molar-refractivity contribution in [3.63, 3.8) is 0 Å². The second-order valence-electron chi connectivity index (χ2n) is 7.66. The first-order valence-corrected chi connectivity index (χ1v) is 11.8. The number of rotatable bonds is 5. The van der Waals surface area contributed by atoms with Gasteiger partial charge in [0.1, 0.15) is 5.01 Å². The van der Waals surface area contributed by atoms with Gasteiger partial charge in [0, 0.05) is 24.9 Å². The number of sulfonamides is 1. The van der Waals surface area contributed by atoms with Crippen molar-refractivity contribution < 1.29 is 13.2 Å². The Balaban J connectivity index is 1.37. The number of aromatic nitrogens is 2. The van der Waals surface area contributed by atoms with Crippen LogP contribution in [0.3, 0.4) is 0 Å². The molecule has 9 heteroatoms. The lowest BCUT2D eigenvalue weighted by molar-refractivity contribution is -0.120. The Morgan fingerprint density at radius 2 is 1.86 bits per heavy atom. The van der Waals surface area contributed by atoms with Crippen LogP contribution in [0.5, 0.6) is 0 Å². The average Bonchev–Trinajstić information content (AvgIpc) is 3.41. The molecular weight excluding hydrogens is 396 g/mol. The first kappa shape index (κ1) is 19.5. The third-order valence-electron chi connectivity index (χ3n) is 5.37. The minimum absolute atomic E-state index is 0.0953. The van der Waals surface area contributed by atoms with Crippen molar-refractivity contribution >= 4 is 32.4 Å². The number of carbonyl (C=O) groups excluding carboxylic acids is 1. The van der Waals surface area contributed by atoms with Crippen molar-refractivity contribution in [1.82, 2.24) is 14.5 Å². The van der Waals surface area contributed by atoms with Gasteiger partial charge in [0.15, 0.2) is 0 Å². The Morgan fingerprint density at radius 1 is 1.14 bits per heavy atom. The molecule has 28 heavy (non-hydrogen) atoms. The van der Waals surface area contributed by atoms with Crippen LogP contribution in [0.4, 0.5) is 5.13 Å². The Bertz CT molecular complexity index is 990. The summed E-state index contributed by atoms with van der Waals surface area (Å²) in [5.41, 5.74) is 1.79. The van der Waals surface area contributed by atoms with E-state index in [1.54, 1.807) is 6.07 Å². The molecule has 1 aliphatic heterocycles. The summed E-state index contributed by atoms with van der Waals surface area (Å²) in [4.78, 5) is 12.9. The molecule has 0 bridgehead atoms. The van der Waals surface area contributed by atoms with Crippen LogP contribution in [0.2, 0.25) is 0 Å². The summed E-state index contributed by atoms with van der Waals surface area (Å²) in [5.74, 6) is 0.211. The highest BCUT2D eigenvalue weighted by molar-refractivity contribution is 7.89. The fraction of sp³-hybridized carbons (Fsp3) is 0.526. The summed E-state index contributed by atoms with van der Waals surface area (Å²) >= 11 is 1.44. The molecule has 2 aliphatic rings. The Hall–Kier alpha value is -1.84. The van der Waals surface area contributed by atoms with Crippen LogP contribution >= 0.6 is 11.3 Å². The van der Waals surface area contributed by atoms with E-state index in [1.807, 2.05) is 26.0 Å². The number of hydrogen-bond acceptors (Lipinski definition) is 6. The van der Waals surface area contributed by atoms with E-state index in [2.05, 4.69) is 15.5 Å². The number of aryl methyl sites for hydroxylation is 2. The molecule has 1 aliphatic carbocycles. The van der Waals surface area contributed by atoms with E-state index in [0.717, 1.165) is 29.0 Å². The van der Waals surface area contributed by atoms with Crippen LogP contribution in [0.15, 0.2) is 23.1 Å². The van der Waals surface area contributed by atoms with E-state index in [4.69, 9.17) is 0 Å². The molecule has 7 nitrogen and oxygen atoms in total. The van der Waals surface area contributed by atoms with Crippen LogP contribution < -0.4 is 5.32 Å². The van der Waals surface area contributed by atoms with Crippen LogP contribution in [-0.2, 0) is 14.8 Å². The molecule has 1 saturated heterocycles. The summed E-state index contributed by atoms with van der Waals surface area (Å²) in [6, 6.07) is 5.37. The van der Waals surface area contributed by atoms with Gasteiger partial charge in [-0.05, 0) is 51.2 Å². The van der Waals surface area contributed by atoms with Crippen LogP contribution in [0.25, 0.3) is 0 Å². The maximum absolute atomic E-state index is 13.0. The van der Waals surface area contributed by atoms with Gasteiger partial charge < -0.3 is 5.32 Å². The van der Waals surface area contributed by atoms with Crippen molar-refractivity contribution in [1.29, 1.82) is 0 Å². The Labute approximate surface area is 169 Å². The van der Waals surface area contributed by atoms with Gasteiger partial charge in [0.25, 0.3) is 0 Å². The number of piperidine rings is 1. The molecule has 0 spiro atoms. The highest BCUT2D eigenvalue weighted by Gasteiger charge is 2.33. The zero-order valence-corrected chi connectivity index (χ0v) is 17.6. The van der Waals surface area contributed by atoms with Gasteiger partial charge in [-0.1, -0.05) is 29.0 Å². The standard InChI is InChI=1S/C19H24N4O3S2/c1-12-3-6-16(13(2)11-12)28(25,26)23-9-7-14(8-10-23)17(24)20-19-22-21-18(27-19)15-4-5-15/h3,6,11,14-15H,4-5,7-10H2,1-2H3,(H,20,22,24). The summed E-state index contributed by atoms with van der Waals surface area (Å²) in [7, 11) is -3.54. The van der Waals surface area contributed by atoms with E-state index in [0.29, 0.717) is 41.9 Å². The zero-order chi connectivity index (χ0) is 19.9. The normalized spacial score (nSPS) is 18.9. The van der Waals surface area contributed by atoms with Gasteiger partial charge in [0.05, 0.1) is 4.90 Å². The van der Waals surface area contributed by atoms with Gasteiger partial charge >= 0.3 is 0 Å². The fourth-order valence-electron chi connectivity index (χ4n) is 3.57. The fourth-order valence-corrected chi connectivity index (χ4v) is 6.16. The molecule has 1 aromatic carbocycles. The molecule has 2 aromatic rings. The summed E-state index contributed by atoms with van der Waals surface area (Å²) in [5, 5.41) is 12.6. The lowest BCUT2D eigenvalue weighted by Crippen LogP contribution is -2.41. The number of carbonyl (C=O) groups is 1. The van der Waals surface area contributed by atoms with Gasteiger partial charge in [0.2, 0.25) is 21.1 Å². The van der Waals surface area contributed by atoms with E-state index in [9.17, 15) is 13.2 Å². The van der Waals surface area contributed by atoms with E-state index in [-0.39, 0.29) is 11.8 Å². The van der Waals surface area contributed by atoms with Crippen LogP contribution in [0, 0.1) is 19.8 Å². The largest absolute Gasteiger partial charge is 0.300 e. The third-order valence-corrected chi connectivity index (χ3v) is 8.43. The van der Waals surface area contributed by atoms with Crippen molar-refractivity contribution in [2.24, 2.45) is 5.92 Å². The molecule has 0 unspecified atom stereocenters. The molecule has 1 saturated carbocycles. The maximum atomic E-state index is 13.0. The summed E-state index contributed by atoms with van der Waals surface area (Å²) in [6.07, 6.45) is 3.31. The molecule has 1 amide bonds. The van der Waals surface area contributed by atoms with Gasteiger partial charge in [-0.25, -0.2) is 8.42 Å². The van der Waals surface area contributed by atoms with Crippen LogP contribution in [0.1, 0.15) is 47.7 Å². The van der Waals surface area contributed by atoms with E-state index >= 15 is 0 Å². The number of anilines is 1. The monoisotopic (exact) mass is 420 g/mol. The molecule has 0 radical (unpaired) electrons. The summed E-state index contributed by atoms with van der Waals surface area (Å²) < 4.78 is 27.4. The predicted octanol–water partition coefficient (Wildman–Crippen LogP) is 3.07. The van der Waals surface area contributed by atoms with E-state index in [1.165, 1.54) is 15.6 Å². The topological polar surface area (TPSA) is 92.3 Å². The van der Waals surface area contributed by atoms with Gasteiger partial charge in [-0.15, -0.1) is 10.2 Å². The third kappa shape index (κ3) is 3.97. The van der Waals surface area contributed by atoms with Crippen molar-refractivity contribution in [3.05, 3.63) is 34.3 Å². The van der Waals surface area contributed by atoms with Gasteiger partial charge in [-0.3, -0.25) is 4.79 Å². The lowest BCUT2D eigenvalue weighted by Gasteiger charge is -2.30. The Kier molecular flexibility index (Phi) is 5.24. The number of amides is 1. The second-order valence-corrected chi connectivity index (χ2v) is 10.6. The smallest absolute Gasteiger partial charge is 0.243 e. The number of nitrogens with zero attached hydrogens (tertiary/aromatic N) is 3. The SMILES string of the molecule is Cc1ccc(S(=O)(=O)N2CCC(C(=O)Nc3nnc(C4CC4)s3)CC2)c(C)c1. The molecule has 1 N–H and O–H groups in total. The molecular formula is C19H24N4O3S2. The average molecular weight is 421 g/mol. The first-order chi connectivity index (χ1) is 13.3. The van der Waals surface area contributed by atoms with Crippen molar-refractivity contribution in [3.8, 4) is 0 Å². The highest BCUT2D eigenvalue weighted by Crippen LogP contribution is 2.42. The summed E-state index contributed by atoms with van der Waals surface area (Å²) in [6.45, 7) is 4.45. The molecule has 2 heterocycles. The molecule has 1 aromatic heterocycles. The molecule has 2 fully saturated rings. The number of benzene rings is 1. The second kappa shape index (κ2) is 7.53. The number of nitrogens with one attached hydrogen (secondary N) is 1. The van der Waals surface area contributed by atoms with Crippen molar-refractivity contribution in [2.45, 2.75) is 50.3 Å². The molecule has 4 rings (SSSR count). The minimum atomic E-state index is -3.54. The quantitative estimate of drug-likeness (QED) is 0.802. The zero-order valence-electron chi connectivity index (χ0n) is 16.0. The highest BCUT2D eigenvalue weighted by atomic mass is 32.2. The van der Waals surface area contributed by atoms with Crippen molar-refractivity contribution in [2.75, 3.05) is 18.4 Å². The Morgan fingerprint density at radius 3 is 2.50 bits per heavy atom. The molecule has 150 valence electrons. The van der Waals surface area contributed by atoms with Gasteiger partial charge in [-0.2, -0.15) is 4.31 Å².